The summed E-state index contributed by atoms with van der Waals surface area (Å²) < 4.78 is 6.34. The van der Waals surface area contributed by atoms with Crippen LogP contribution < -0.4 is 11.1 Å². The van der Waals surface area contributed by atoms with E-state index in [0.717, 1.165) is 11.3 Å². The summed E-state index contributed by atoms with van der Waals surface area (Å²) in [4.78, 5) is 44.4. The summed E-state index contributed by atoms with van der Waals surface area (Å²) in [6.07, 6.45) is 3.11. The number of carbonyl (C=O) groups is 3. The maximum absolute atomic E-state index is 12.5. The molecule has 134 valence electrons. The molecule has 0 atom stereocenters. The number of thiophene rings is 1. The molecule has 0 spiro atoms. The van der Waals surface area contributed by atoms with Crippen LogP contribution in [0.5, 0.6) is 0 Å². The van der Waals surface area contributed by atoms with Gasteiger partial charge in [-0.25, -0.2) is 14.3 Å². The van der Waals surface area contributed by atoms with Gasteiger partial charge in [0, 0.05) is 12.4 Å². The number of nitrogens with two attached hydrogens (primary N) is 1. The first-order chi connectivity index (χ1) is 12.4. The molecule has 0 saturated heterocycles. The molecular weight excluding hydrogens is 360 g/mol. The van der Waals surface area contributed by atoms with E-state index in [9.17, 15) is 14.4 Å². The lowest BCUT2D eigenvalue weighted by Gasteiger charge is -2.05. The molecule has 0 fully saturated rings. The molecule has 3 aromatic rings. The number of hydrogen-bond donors (Lipinski definition) is 2. The van der Waals surface area contributed by atoms with E-state index < -0.39 is 17.8 Å². The Morgan fingerprint density at radius 3 is 2.81 bits per heavy atom. The normalized spacial score (nSPS) is 10.7. The van der Waals surface area contributed by atoms with E-state index in [2.05, 4.69) is 20.4 Å². The fourth-order valence-electron chi connectivity index (χ4n) is 2.27. The van der Waals surface area contributed by atoms with Crippen molar-refractivity contribution in [2.75, 3.05) is 11.9 Å². The number of esters is 1. The van der Waals surface area contributed by atoms with Crippen LogP contribution in [0.2, 0.25) is 0 Å². The second-order valence-corrected chi connectivity index (χ2v) is 6.12. The van der Waals surface area contributed by atoms with Gasteiger partial charge in [-0.3, -0.25) is 9.59 Å². The highest BCUT2D eigenvalue weighted by Crippen LogP contribution is 2.33. The topological polar surface area (TPSA) is 142 Å². The molecule has 3 aromatic heterocycles. The van der Waals surface area contributed by atoms with Gasteiger partial charge < -0.3 is 15.8 Å². The Kier molecular flexibility index (Phi) is 4.63. The van der Waals surface area contributed by atoms with Gasteiger partial charge in [-0.1, -0.05) is 0 Å². The number of hydrogen-bond acceptors (Lipinski definition) is 8. The molecule has 2 amide bonds. The Morgan fingerprint density at radius 2 is 2.15 bits per heavy atom. The average molecular weight is 374 g/mol. The van der Waals surface area contributed by atoms with Gasteiger partial charge in [-0.15, -0.1) is 16.4 Å². The van der Waals surface area contributed by atoms with Crippen molar-refractivity contribution in [2.45, 2.75) is 13.8 Å². The number of ether oxygens (including phenoxy) is 1. The van der Waals surface area contributed by atoms with Crippen LogP contribution in [0.15, 0.2) is 18.5 Å². The fourth-order valence-corrected chi connectivity index (χ4v) is 3.32. The maximum atomic E-state index is 12.5. The smallest absolute Gasteiger partial charge is 0.341 e. The van der Waals surface area contributed by atoms with Gasteiger partial charge in [-0.05, 0) is 25.5 Å². The summed E-state index contributed by atoms with van der Waals surface area (Å²) in [5, 5.41) is 6.70. The van der Waals surface area contributed by atoms with E-state index in [1.54, 1.807) is 26.1 Å². The summed E-state index contributed by atoms with van der Waals surface area (Å²) in [5.41, 5.74) is 5.77. The lowest BCUT2D eigenvalue weighted by Crippen LogP contribution is -2.16. The zero-order valence-electron chi connectivity index (χ0n) is 13.8. The summed E-state index contributed by atoms with van der Waals surface area (Å²) >= 11 is 0.893. The van der Waals surface area contributed by atoms with Crippen molar-refractivity contribution < 1.29 is 19.1 Å². The number of anilines is 1. The van der Waals surface area contributed by atoms with Crippen LogP contribution in [-0.4, -0.2) is 44.0 Å². The van der Waals surface area contributed by atoms with Crippen molar-refractivity contribution in [2.24, 2.45) is 5.73 Å². The fraction of sp³-hybridized carbons (Fsp3) is 0.200. The highest BCUT2D eigenvalue weighted by atomic mass is 32.1. The molecule has 0 aliphatic heterocycles. The average Bonchev–Trinajstić information content (AvgIpc) is 3.16. The van der Waals surface area contributed by atoms with E-state index >= 15 is 0 Å². The largest absolute Gasteiger partial charge is 0.462 e. The summed E-state index contributed by atoms with van der Waals surface area (Å²) in [6, 6.07) is 1.64. The number of primary amides is 1. The number of nitrogens with zero attached hydrogens (tertiary/aromatic N) is 4. The van der Waals surface area contributed by atoms with Crippen molar-refractivity contribution in [1.29, 1.82) is 0 Å². The zero-order chi connectivity index (χ0) is 18.8. The van der Waals surface area contributed by atoms with Gasteiger partial charge in [0.25, 0.3) is 17.6 Å². The minimum Gasteiger partial charge on any atom is -0.462 e. The summed E-state index contributed by atoms with van der Waals surface area (Å²) in [6.45, 7) is 3.36. The Morgan fingerprint density at radius 1 is 1.38 bits per heavy atom. The van der Waals surface area contributed by atoms with E-state index in [-0.39, 0.29) is 33.7 Å². The first kappa shape index (κ1) is 17.5. The Bertz CT molecular complexity index is 991. The number of rotatable bonds is 5. The molecule has 0 aliphatic rings. The lowest BCUT2D eigenvalue weighted by atomic mass is 10.1. The number of carbonyl (C=O) groups excluding carboxylic acids is 3. The second kappa shape index (κ2) is 6.88. The Labute approximate surface area is 151 Å². The highest BCUT2D eigenvalue weighted by Gasteiger charge is 2.26. The molecule has 0 radical (unpaired) electrons. The molecule has 3 N–H and O–H groups in total. The molecule has 0 aromatic carbocycles. The Hall–Kier alpha value is -3.34. The van der Waals surface area contributed by atoms with Crippen LogP contribution in [0, 0.1) is 6.92 Å². The van der Waals surface area contributed by atoms with E-state index in [1.807, 2.05) is 0 Å². The molecule has 10 nitrogen and oxygen atoms in total. The summed E-state index contributed by atoms with van der Waals surface area (Å²) in [7, 11) is 0. The third kappa shape index (κ3) is 3.11. The van der Waals surface area contributed by atoms with Crippen LogP contribution in [-0.2, 0) is 4.74 Å². The van der Waals surface area contributed by atoms with Gasteiger partial charge in [0.1, 0.15) is 5.00 Å². The SMILES string of the molecule is CCOC(=O)c1c(NC(=O)c2nc3ncccn3n2)sc(C(N)=O)c1C. The first-order valence-corrected chi connectivity index (χ1v) is 8.33. The van der Waals surface area contributed by atoms with Gasteiger partial charge in [0.2, 0.25) is 5.82 Å². The molecule has 0 unspecified atom stereocenters. The number of amides is 2. The molecular formula is C15H14N6O4S. The highest BCUT2D eigenvalue weighted by molar-refractivity contribution is 7.18. The predicted molar refractivity (Wildman–Crippen MR) is 92.3 cm³/mol. The van der Waals surface area contributed by atoms with Crippen molar-refractivity contribution in [3.8, 4) is 0 Å². The van der Waals surface area contributed by atoms with Crippen LogP contribution in [0.25, 0.3) is 5.78 Å². The van der Waals surface area contributed by atoms with Crippen LogP contribution in [0.4, 0.5) is 5.00 Å². The summed E-state index contributed by atoms with van der Waals surface area (Å²) in [5.74, 6) is -1.89. The molecule has 11 heteroatoms. The predicted octanol–water partition coefficient (Wildman–Crippen LogP) is 1.02. The van der Waals surface area contributed by atoms with Crippen LogP contribution in [0.3, 0.4) is 0 Å². The second-order valence-electron chi connectivity index (χ2n) is 5.10. The quantitative estimate of drug-likeness (QED) is 0.635. The first-order valence-electron chi connectivity index (χ1n) is 7.51. The van der Waals surface area contributed by atoms with Crippen molar-refractivity contribution in [3.05, 3.63) is 40.3 Å². The molecule has 3 rings (SSSR count). The van der Waals surface area contributed by atoms with Gasteiger partial charge in [0.15, 0.2) is 0 Å². The van der Waals surface area contributed by atoms with Crippen molar-refractivity contribution in [3.63, 3.8) is 0 Å². The molecule has 0 saturated carbocycles. The molecule has 3 heterocycles. The maximum Gasteiger partial charge on any atom is 0.341 e. The van der Waals surface area contributed by atoms with E-state index in [0.29, 0.717) is 5.56 Å². The van der Waals surface area contributed by atoms with Crippen molar-refractivity contribution >= 4 is 39.9 Å². The third-order valence-corrected chi connectivity index (χ3v) is 4.62. The van der Waals surface area contributed by atoms with Gasteiger partial charge >= 0.3 is 5.97 Å². The molecule has 0 bridgehead atoms. The monoisotopic (exact) mass is 374 g/mol. The van der Waals surface area contributed by atoms with Crippen molar-refractivity contribution in [1.82, 2.24) is 19.6 Å². The third-order valence-electron chi connectivity index (χ3n) is 3.40. The minimum atomic E-state index is -0.700. The van der Waals surface area contributed by atoms with E-state index in [1.165, 1.54) is 10.7 Å². The molecule has 0 aliphatic carbocycles. The zero-order valence-corrected chi connectivity index (χ0v) is 14.7. The lowest BCUT2D eigenvalue weighted by molar-refractivity contribution is 0.0527. The van der Waals surface area contributed by atoms with Crippen LogP contribution >= 0.6 is 11.3 Å². The van der Waals surface area contributed by atoms with Crippen LogP contribution in [0.1, 0.15) is 43.1 Å². The Balaban J connectivity index is 1.97. The standard InChI is InChI=1S/C15H14N6O4S/c1-3-25-14(24)8-7(2)9(10(16)22)26-13(8)19-12(23)11-18-15-17-5-4-6-21(15)20-11/h4-6H,3H2,1-2H3,(H2,16,22)(H,19,23). The van der Waals surface area contributed by atoms with E-state index in [4.69, 9.17) is 10.5 Å². The van der Waals surface area contributed by atoms with Gasteiger partial charge in [0.05, 0.1) is 17.0 Å². The number of nitrogens with one attached hydrogen (secondary N) is 1. The minimum absolute atomic E-state index is 0.0842. The van der Waals surface area contributed by atoms with Gasteiger partial charge in [-0.2, -0.15) is 4.98 Å². The number of fused-ring (bicyclic) bond motifs is 1. The molecule has 26 heavy (non-hydrogen) atoms. The number of aromatic nitrogens is 4.